The number of nitrogens with zero attached hydrogens (tertiary/aromatic N) is 4. The summed E-state index contributed by atoms with van der Waals surface area (Å²) in [7, 11) is 16.8. The Balaban J connectivity index is 1.42. The van der Waals surface area contributed by atoms with Crippen molar-refractivity contribution in [2.24, 2.45) is 0 Å². The smallest absolute Gasteiger partial charge is 0.171 e. The minimum atomic E-state index is -0.184. The number of rotatable bonds is 8. The fourth-order valence-electron chi connectivity index (χ4n) is 5.21. The van der Waals surface area contributed by atoms with Crippen LogP contribution in [0.5, 0.6) is 0 Å². The highest BCUT2D eigenvalue weighted by Gasteiger charge is 2.49. The van der Waals surface area contributed by atoms with Crippen molar-refractivity contribution in [2.45, 2.75) is 2.74 Å². The molecule has 6 rings (SSSR count). The van der Waals surface area contributed by atoms with Crippen molar-refractivity contribution in [2.75, 3.05) is 76.0 Å². The van der Waals surface area contributed by atoms with Gasteiger partial charge in [-0.25, -0.2) is 0 Å². The summed E-state index contributed by atoms with van der Waals surface area (Å²) >= 11 is 8.00. The second kappa shape index (κ2) is 13.0. The summed E-state index contributed by atoms with van der Waals surface area (Å²) in [6.45, 7) is 0. The van der Waals surface area contributed by atoms with Crippen LogP contribution in [0, 0.1) is 0 Å². The normalized spacial score (nSPS) is 15.6. The minimum absolute atomic E-state index is 0.184. The van der Waals surface area contributed by atoms with Gasteiger partial charge >= 0.3 is 0 Å². The van der Waals surface area contributed by atoms with Gasteiger partial charge < -0.3 is 19.6 Å². The van der Waals surface area contributed by atoms with Crippen LogP contribution < -0.4 is 19.6 Å². The Morgan fingerprint density at radius 3 is 0.644 bits per heavy atom. The fraction of sp³-hybridized carbons (Fsp3) is 0.243. The molecule has 2 aliphatic heterocycles. The molecule has 0 atom stereocenters. The molecule has 0 saturated heterocycles. The van der Waals surface area contributed by atoms with Crippen molar-refractivity contribution in [3.8, 4) is 0 Å². The van der Waals surface area contributed by atoms with Gasteiger partial charge in [-0.15, -0.1) is 0 Å². The molecule has 45 heavy (non-hydrogen) atoms. The van der Waals surface area contributed by atoms with Crippen LogP contribution in [-0.2, 0) is 0 Å². The molecule has 0 bridgehead atoms. The third kappa shape index (κ3) is 6.61. The Morgan fingerprint density at radius 2 is 0.489 bits per heavy atom. The molecule has 0 radical (unpaired) electrons. The van der Waals surface area contributed by atoms with Gasteiger partial charge in [-0.05, 0) is 70.8 Å². The topological polar surface area (TPSA) is 13.0 Å². The van der Waals surface area contributed by atoms with Gasteiger partial charge in [0.15, 0.2) is 2.74 Å². The van der Waals surface area contributed by atoms with E-state index in [4.69, 9.17) is 0 Å². The third-order valence-electron chi connectivity index (χ3n) is 7.90. The molecule has 0 saturated carbocycles. The Morgan fingerprint density at radius 1 is 0.311 bits per heavy atom. The highest BCUT2D eigenvalue weighted by Crippen LogP contribution is 2.78. The average molecular weight is 669 g/mol. The van der Waals surface area contributed by atoms with Crippen LogP contribution in [0.1, 0.15) is 22.3 Å². The summed E-state index contributed by atoms with van der Waals surface area (Å²) < 4.78 is -0.184. The second-order valence-corrected chi connectivity index (χ2v) is 18.4. The van der Waals surface area contributed by atoms with Crippen molar-refractivity contribution in [1.29, 1.82) is 0 Å². The quantitative estimate of drug-likeness (QED) is 0.182. The Bertz CT molecular complexity index is 1460. The largest absolute Gasteiger partial charge is 0.378 e. The molecule has 0 aromatic heterocycles. The molecule has 4 nitrogen and oxygen atoms in total. The SMILES string of the molecule is CN(C)c1ccc(C2=C(c3ccc(N(C)C)cc3)SC3(S2)SC(c2ccc(N(C)C)cc2)=C(c2ccc(N(C)C)cc2)S3)cc1. The molecule has 0 fully saturated rings. The van der Waals surface area contributed by atoms with Gasteiger partial charge in [-0.1, -0.05) is 95.6 Å². The predicted molar refractivity (Wildman–Crippen MR) is 210 cm³/mol. The van der Waals surface area contributed by atoms with Gasteiger partial charge in [0.25, 0.3) is 0 Å². The first kappa shape index (κ1) is 31.9. The summed E-state index contributed by atoms with van der Waals surface area (Å²) in [4.78, 5) is 14.0. The summed E-state index contributed by atoms with van der Waals surface area (Å²) in [5.41, 5.74) is 9.90. The number of thioether (sulfide) groups is 4. The summed E-state index contributed by atoms with van der Waals surface area (Å²) in [5.74, 6) is 0. The zero-order valence-corrected chi connectivity index (χ0v) is 30.4. The lowest BCUT2D eigenvalue weighted by atomic mass is 10.1. The van der Waals surface area contributed by atoms with Crippen LogP contribution in [0.2, 0.25) is 0 Å². The first-order valence-electron chi connectivity index (χ1n) is 14.9. The Kier molecular flexibility index (Phi) is 9.21. The predicted octanol–water partition coefficient (Wildman–Crippen LogP) is 9.87. The molecule has 2 heterocycles. The molecule has 0 aliphatic carbocycles. The zero-order valence-electron chi connectivity index (χ0n) is 27.2. The maximum absolute atomic E-state index is 2.28. The zero-order chi connectivity index (χ0) is 31.9. The van der Waals surface area contributed by atoms with Crippen molar-refractivity contribution in [3.63, 3.8) is 0 Å². The van der Waals surface area contributed by atoms with Gasteiger partial charge in [-0.3, -0.25) is 0 Å². The molecular weight excluding hydrogens is 629 g/mol. The van der Waals surface area contributed by atoms with E-state index in [1.165, 1.54) is 64.6 Å². The van der Waals surface area contributed by atoms with Crippen LogP contribution in [0.3, 0.4) is 0 Å². The monoisotopic (exact) mass is 668 g/mol. The van der Waals surface area contributed by atoms with E-state index in [1.807, 2.05) is 47.0 Å². The maximum Gasteiger partial charge on any atom is 0.171 e. The van der Waals surface area contributed by atoms with Crippen LogP contribution >= 0.6 is 47.0 Å². The van der Waals surface area contributed by atoms with E-state index in [9.17, 15) is 0 Å². The Hall–Kier alpha value is -3.04. The van der Waals surface area contributed by atoms with Gasteiger partial charge in [0.2, 0.25) is 0 Å². The van der Waals surface area contributed by atoms with Crippen LogP contribution in [-0.4, -0.2) is 59.1 Å². The van der Waals surface area contributed by atoms with E-state index in [-0.39, 0.29) is 2.74 Å². The van der Waals surface area contributed by atoms with Crippen LogP contribution in [0.25, 0.3) is 19.6 Å². The van der Waals surface area contributed by atoms with Crippen molar-refractivity contribution >= 4 is 89.4 Å². The number of hydrogen-bond donors (Lipinski definition) is 0. The standard InChI is InChI=1S/C37H40N4S4/c1-38(2)29-17-9-25(10-18-29)33-34(26-11-19-30(20-12-26)39(3)4)43-37(42-33)44-35(27-13-21-31(22-14-27)40(5)6)36(45-37)28-15-23-32(24-16-28)41(7)8/h9-24H,1-8H3. The molecule has 4 aromatic rings. The lowest BCUT2D eigenvalue weighted by molar-refractivity contribution is 1.13. The van der Waals surface area contributed by atoms with E-state index in [1.54, 1.807) is 0 Å². The van der Waals surface area contributed by atoms with E-state index in [2.05, 4.69) is 173 Å². The van der Waals surface area contributed by atoms with Gasteiger partial charge in [0.1, 0.15) is 0 Å². The van der Waals surface area contributed by atoms with Gasteiger partial charge in [-0.2, -0.15) is 0 Å². The lowest BCUT2D eigenvalue weighted by Crippen LogP contribution is -2.08. The summed E-state index contributed by atoms with van der Waals surface area (Å²) in [6.07, 6.45) is 0. The highest BCUT2D eigenvalue weighted by atomic mass is 32.3. The number of anilines is 4. The molecule has 0 amide bonds. The summed E-state index contributed by atoms with van der Waals surface area (Å²) in [6, 6.07) is 36.1. The number of hydrogen-bond acceptors (Lipinski definition) is 8. The minimum Gasteiger partial charge on any atom is -0.378 e. The molecule has 4 aromatic carbocycles. The first-order chi connectivity index (χ1) is 21.5. The molecule has 232 valence electrons. The average Bonchev–Trinajstić information content (AvgIpc) is 3.61. The van der Waals surface area contributed by atoms with E-state index >= 15 is 0 Å². The molecule has 0 unspecified atom stereocenters. The molecule has 0 N–H and O–H groups in total. The summed E-state index contributed by atoms with van der Waals surface area (Å²) in [5, 5.41) is 0. The fourth-order valence-corrected chi connectivity index (χ4v) is 12.6. The van der Waals surface area contributed by atoms with E-state index in [0.717, 1.165) is 0 Å². The van der Waals surface area contributed by atoms with Crippen molar-refractivity contribution < 1.29 is 0 Å². The van der Waals surface area contributed by atoms with Crippen LogP contribution in [0.15, 0.2) is 97.1 Å². The third-order valence-corrected chi connectivity index (χ3v) is 14.7. The highest BCUT2D eigenvalue weighted by molar-refractivity contribution is 8.58. The van der Waals surface area contributed by atoms with E-state index < -0.39 is 0 Å². The van der Waals surface area contributed by atoms with Gasteiger partial charge in [0, 0.05) is 98.8 Å². The maximum atomic E-state index is 2.28. The Labute approximate surface area is 285 Å². The number of benzene rings is 4. The van der Waals surface area contributed by atoms with Crippen LogP contribution in [0.4, 0.5) is 22.7 Å². The molecule has 1 spiro atoms. The molecule has 8 heteroatoms. The first-order valence-corrected chi connectivity index (χ1v) is 18.2. The lowest BCUT2D eigenvalue weighted by Gasteiger charge is -2.21. The van der Waals surface area contributed by atoms with Crippen molar-refractivity contribution in [1.82, 2.24) is 0 Å². The molecular formula is C37H40N4S4. The van der Waals surface area contributed by atoms with Crippen molar-refractivity contribution in [3.05, 3.63) is 119 Å². The van der Waals surface area contributed by atoms with Gasteiger partial charge in [0.05, 0.1) is 0 Å². The molecule has 2 aliphatic rings. The second-order valence-electron chi connectivity index (χ2n) is 12.0. The van der Waals surface area contributed by atoms with E-state index in [0.29, 0.717) is 0 Å².